The standard InChI is InChI=1S/C10H22N2O3S/c1-10(2,3)8(9(13)11-4)12-6-5-7-16(14)15/h8,12H,5-7H2,1-4H3,(H,11,13)(H,14,15). The van der Waals surface area contributed by atoms with Gasteiger partial charge in [0.15, 0.2) is 11.1 Å². The molecule has 0 aromatic carbocycles. The van der Waals surface area contributed by atoms with Crippen molar-refractivity contribution in [3.63, 3.8) is 0 Å². The molecule has 0 aliphatic rings. The fourth-order valence-corrected chi connectivity index (χ4v) is 1.77. The topological polar surface area (TPSA) is 78.4 Å². The summed E-state index contributed by atoms with van der Waals surface area (Å²) in [6.45, 7) is 6.49. The predicted octanol–water partition coefficient (Wildman–Crippen LogP) is 0.348. The average Bonchev–Trinajstić information content (AvgIpc) is 2.14. The molecule has 0 spiro atoms. The number of hydrogen-bond acceptors (Lipinski definition) is 3. The van der Waals surface area contributed by atoms with Crippen LogP contribution in [0.25, 0.3) is 0 Å². The van der Waals surface area contributed by atoms with E-state index < -0.39 is 11.1 Å². The number of carbonyl (C=O) groups excluding carboxylic acids is 1. The van der Waals surface area contributed by atoms with Crippen molar-refractivity contribution in [3.8, 4) is 0 Å². The monoisotopic (exact) mass is 250 g/mol. The minimum atomic E-state index is -1.75. The molecule has 1 amide bonds. The Morgan fingerprint density at radius 2 is 2.00 bits per heavy atom. The van der Waals surface area contributed by atoms with Gasteiger partial charge in [0.25, 0.3) is 0 Å². The lowest BCUT2D eigenvalue weighted by Gasteiger charge is -2.30. The summed E-state index contributed by atoms with van der Waals surface area (Å²) in [6.07, 6.45) is 0.576. The molecule has 0 fully saturated rings. The number of hydrogen-bond donors (Lipinski definition) is 3. The van der Waals surface area contributed by atoms with Crippen LogP contribution in [0.5, 0.6) is 0 Å². The summed E-state index contributed by atoms with van der Waals surface area (Å²) in [4.78, 5) is 11.6. The van der Waals surface area contributed by atoms with Crippen LogP contribution < -0.4 is 10.6 Å². The van der Waals surface area contributed by atoms with E-state index in [2.05, 4.69) is 10.6 Å². The fourth-order valence-electron chi connectivity index (χ4n) is 1.38. The van der Waals surface area contributed by atoms with Gasteiger partial charge in [-0.1, -0.05) is 20.8 Å². The summed E-state index contributed by atoms with van der Waals surface area (Å²) in [7, 11) is 1.60. The van der Waals surface area contributed by atoms with Crippen LogP contribution in [0, 0.1) is 5.41 Å². The Balaban J connectivity index is 4.14. The first kappa shape index (κ1) is 15.5. The highest BCUT2D eigenvalue weighted by atomic mass is 32.2. The van der Waals surface area contributed by atoms with Crippen molar-refractivity contribution >= 4 is 17.0 Å². The molecule has 0 bridgehead atoms. The lowest BCUT2D eigenvalue weighted by Crippen LogP contribution is -2.51. The number of likely N-dealkylation sites (N-methyl/N-ethyl adjacent to an activating group) is 1. The molecule has 0 aliphatic carbocycles. The molecule has 0 aromatic heterocycles. The highest BCUT2D eigenvalue weighted by Crippen LogP contribution is 2.19. The first-order valence-corrected chi connectivity index (χ1v) is 6.59. The Morgan fingerprint density at radius 1 is 1.44 bits per heavy atom. The van der Waals surface area contributed by atoms with Gasteiger partial charge in [0.2, 0.25) is 5.91 Å². The molecule has 96 valence electrons. The van der Waals surface area contributed by atoms with Crippen LogP contribution in [-0.2, 0) is 15.9 Å². The predicted molar refractivity (Wildman–Crippen MR) is 65.6 cm³/mol. The third-order valence-corrected chi connectivity index (χ3v) is 2.86. The van der Waals surface area contributed by atoms with Crippen molar-refractivity contribution in [2.45, 2.75) is 33.2 Å². The van der Waals surface area contributed by atoms with E-state index in [9.17, 15) is 9.00 Å². The molecule has 0 radical (unpaired) electrons. The maximum Gasteiger partial charge on any atom is 0.237 e. The van der Waals surface area contributed by atoms with E-state index in [0.717, 1.165) is 0 Å². The van der Waals surface area contributed by atoms with Gasteiger partial charge in [-0.15, -0.1) is 0 Å². The van der Waals surface area contributed by atoms with E-state index in [1.54, 1.807) is 7.05 Å². The molecular formula is C10H22N2O3S. The second-order valence-electron chi connectivity index (χ2n) is 4.75. The molecule has 5 nitrogen and oxygen atoms in total. The van der Waals surface area contributed by atoms with Gasteiger partial charge in [-0.05, 0) is 18.4 Å². The summed E-state index contributed by atoms with van der Waals surface area (Å²) in [5, 5.41) is 5.72. The Bertz CT molecular complexity index is 251. The summed E-state index contributed by atoms with van der Waals surface area (Å²) < 4.78 is 19.0. The van der Waals surface area contributed by atoms with Gasteiger partial charge >= 0.3 is 0 Å². The number of rotatable bonds is 6. The molecule has 0 saturated carbocycles. The smallest absolute Gasteiger partial charge is 0.237 e. The fraction of sp³-hybridized carbons (Fsp3) is 0.900. The van der Waals surface area contributed by atoms with Gasteiger partial charge in [0.05, 0.1) is 11.8 Å². The zero-order valence-corrected chi connectivity index (χ0v) is 11.2. The van der Waals surface area contributed by atoms with Crippen LogP contribution in [0.2, 0.25) is 0 Å². The van der Waals surface area contributed by atoms with E-state index in [4.69, 9.17) is 4.55 Å². The molecule has 2 atom stereocenters. The highest BCUT2D eigenvalue weighted by molar-refractivity contribution is 7.79. The largest absolute Gasteiger partial charge is 0.358 e. The summed E-state index contributed by atoms with van der Waals surface area (Å²) in [6, 6.07) is -0.287. The molecular weight excluding hydrogens is 228 g/mol. The van der Waals surface area contributed by atoms with E-state index in [-0.39, 0.29) is 23.1 Å². The molecule has 6 heteroatoms. The lowest BCUT2D eigenvalue weighted by molar-refractivity contribution is -0.125. The maximum atomic E-state index is 11.6. The van der Waals surface area contributed by atoms with Crippen LogP contribution in [0.15, 0.2) is 0 Å². The first-order chi connectivity index (χ1) is 7.29. The van der Waals surface area contributed by atoms with Crippen molar-refractivity contribution in [1.29, 1.82) is 0 Å². The molecule has 3 N–H and O–H groups in total. The molecule has 16 heavy (non-hydrogen) atoms. The molecule has 0 aliphatic heterocycles. The molecule has 0 heterocycles. The molecule has 0 aromatic rings. The van der Waals surface area contributed by atoms with Crippen LogP contribution in [-0.4, -0.2) is 40.1 Å². The summed E-state index contributed by atoms with van der Waals surface area (Å²) in [5.74, 6) is 0.176. The van der Waals surface area contributed by atoms with Gasteiger partial charge in [-0.2, -0.15) is 0 Å². The van der Waals surface area contributed by atoms with E-state index in [1.165, 1.54) is 0 Å². The third kappa shape index (κ3) is 6.19. The molecule has 0 rings (SSSR count). The van der Waals surface area contributed by atoms with Crippen LogP contribution in [0.1, 0.15) is 27.2 Å². The Hall–Kier alpha value is -0.460. The maximum absolute atomic E-state index is 11.6. The van der Waals surface area contributed by atoms with Crippen molar-refractivity contribution in [2.24, 2.45) is 5.41 Å². The van der Waals surface area contributed by atoms with Crippen molar-refractivity contribution in [1.82, 2.24) is 10.6 Å². The average molecular weight is 250 g/mol. The zero-order valence-electron chi connectivity index (χ0n) is 10.4. The Morgan fingerprint density at radius 3 is 2.38 bits per heavy atom. The normalized spacial score (nSPS) is 15.6. The zero-order chi connectivity index (χ0) is 12.8. The van der Waals surface area contributed by atoms with Crippen LogP contribution in [0.4, 0.5) is 0 Å². The third-order valence-electron chi connectivity index (χ3n) is 2.22. The van der Waals surface area contributed by atoms with Crippen LogP contribution in [0.3, 0.4) is 0 Å². The van der Waals surface area contributed by atoms with Gasteiger partial charge in [0.1, 0.15) is 0 Å². The van der Waals surface area contributed by atoms with Gasteiger partial charge in [-0.25, -0.2) is 4.21 Å². The second kappa shape index (κ2) is 6.98. The minimum absolute atomic E-state index is 0.0578. The van der Waals surface area contributed by atoms with Crippen molar-refractivity contribution in [3.05, 3.63) is 0 Å². The van der Waals surface area contributed by atoms with E-state index in [1.807, 2.05) is 20.8 Å². The van der Waals surface area contributed by atoms with Gasteiger partial charge < -0.3 is 15.2 Å². The van der Waals surface area contributed by atoms with Crippen molar-refractivity contribution in [2.75, 3.05) is 19.3 Å². The van der Waals surface area contributed by atoms with Crippen LogP contribution >= 0.6 is 0 Å². The van der Waals surface area contributed by atoms with E-state index in [0.29, 0.717) is 13.0 Å². The van der Waals surface area contributed by atoms with Gasteiger partial charge in [0, 0.05) is 7.05 Å². The Kier molecular flexibility index (Phi) is 6.78. The number of amides is 1. The SMILES string of the molecule is CNC(=O)C(NCCCS(=O)O)C(C)(C)C. The molecule has 0 saturated heterocycles. The second-order valence-corrected chi connectivity index (χ2v) is 5.80. The van der Waals surface area contributed by atoms with Crippen molar-refractivity contribution < 1.29 is 13.6 Å². The lowest BCUT2D eigenvalue weighted by atomic mass is 9.86. The quantitative estimate of drug-likeness (QED) is 0.469. The Labute approximate surface area is 99.7 Å². The number of carbonyl (C=O) groups is 1. The minimum Gasteiger partial charge on any atom is -0.358 e. The first-order valence-electron chi connectivity index (χ1n) is 5.31. The van der Waals surface area contributed by atoms with E-state index >= 15 is 0 Å². The molecule has 2 unspecified atom stereocenters. The van der Waals surface area contributed by atoms with Gasteiger partial charge in [-0.3, -0.25) is 4.79 Å². The number of nitrogens with one attached hydrogen (secondary N) is 2. The highest BCUT2D eigenvalue weighted by Gasteiger charge is 2.29. The summed E-state index contributed by atoms with van der Waals surface area (Å²) in [5.41, 5.74) is -0.182. The summed E-state index contributed by atoms with van der Waals surface area (Å²) >= 11 is -1.75.